The number of rotatable bonds is 7. The van der Waals surface area contributed by atoms with Crippen LogP contribution < -0.4 is 4.72 Å². The number of amides is 1. The molecule has 1 heterocycles. The Labute approximate surface area is 164 Å². The van der Waals surface area contributed by atoms with E-state index >= 15 is 0 Å². The maximum absolute atomic E-state index is 12.7. The third-order valence-electron chi connectivity index (χ3n) is 4.30. The van der Waals surface area contributed by atoms with Gasteiger partial charge in [-0.25, -0.2) is 13.1 Å². The lowest BCUT2D eigenvalue weighted by Gasteiger charge is -2.16. The predicted molar refractivity (Wildman–Crippen MR) is 106 cm³/mol. The molecule has 28 heavy (non-hydrogen) atoms. The summed E-state index contributed by atoms with van der Waals surface area (Å²) < 4.78 is 28.0. The van der Waals surface area contributed by atoms with Crippen LogP contribution >= 0.6 is 0 Å². The maximum Gasteiger partial charge on any atom is 0.253 e. The molecule has 2 aromatic carbocycles. The summed E-state index contributed by atoms with van der Waals surface area (Å²) >= 11 is 0. The fourth-order valence-corrected chi connectivity index (χ4v) is 3.60. The van der Waals surface area contributed by atoms with Crippen LogP contribution in [-0.4, -0.2) is 43.1 Å². The summed E-state index contributed by atoms with van der Waals surface area (Å²) in [6.45, 7) is 1.03. The van der Waals surface area contributed by atoms with Crippen LogP contribution in [0, 0.1) is 0 Å². The molecule has 0 atom stereocenters. The van der Waals surface area contributed by atoms with E-state index in [4.69, 9.17) is 0 Å². The lowest BCUT2D eigenvalue weighted by atomic mass is 10.2. The SMILES string of the molecule is CNS(=O)(=O)c1cccc(C(=O)N(C)Cc2cnn(Cc3ccccc3)c2)c1. The second-order valence-corrected chi connectivity index (χ2v) is 8.31. The van der Waals surface area contributed by atoms with Gasteiger partial charge in [0.25, 0.3) is 5.91 Å². The van der Waals surface area contributed by atoms with Crippen molar-refractivity contribution in [3.05, 3.63) is 83.7 Å². The molecule has 3 rings (SSSR count). The number of hydrogen-bond acceptors (Lipinski definition) is 4. The molecule has 1 N–H and O–H groups in total. The van der Waals surface area contributed by atoms with Crippen molar-refractivity contribution in [1.82, 2.24) is 19.4 Å². The largest absolute Gasteiger partial charge is 0.337 e. The highest BCUT2D eigenvalue weighted by Gasteiger charge is 2.17. The van der Waals surface area contributed by atoms with Crippen LogP contribution in [0.5, 0.6) is 0 Å². The summed E-state index contributed by atoms with van der Waals surface area (Å²) in [6.07, 6.45) is 3.63. The first-order chi connectivity index (χ1) is 13.4. The van der Waals surface area contributed by atoms with Crippen molar-refractivity contribution in [2.45, 2.75) is 18.0 Å². The quantitative estimate of drug-likeness (QED) is 0.661. The van der Waals surface area contributed by atoms with Gasteiger partial charge < -0.3 is 4.90 Å². The van der Waals surface area contributed by atoms with Crippen LogP contribution in [0.15, 0.2) is 71.9 Å². The van der Waals surface area contributed by atoms with Crippen LogP contribution in [0.4, 0.5) is 0 Å². The second-order valence-electron chi connectivity index (χ2n) is 6.43. The Hall–Kier alpha value is -2.97. The van der Waals surface area contributed by atoms with E-state index in [9.17, 15) is 13.2 Å². The summed E-state index contributed by atoms with van der Waals surface area (Å²) in [6, 6.07) is 16.0. The van der Waals surface area contributed by atoms with Gasteiger partial charge in [-0.05, 0) is 30.8 Å². The molecule has 8 heteroatoms. The third kappa shape index (κ3) is 4.65. The Bertz CT molecular complexity index is 1060. The van der Waals surface area contributed by atoms with Crippen LogP contribution in [0.3, 0.4) is 0 Å². The van der Waals surface area contributed by atoms with E-state index in [2.05, 4.69) is 9.82 Å². The minimum absolute atomic E-state index is 0.0601. The lowest BCUT2D eigenvalue weighted by Crippen LogP contribution is -2.26. The van der Waals surface area contributed by atoms with Gasteiger partial charge in [0.2, 0.25) is 10.0 Å². The van der Waals surface area contributed by atoms with Gasteiger partial charge in [0.05, 0.1) is 17.6 Å². The predicted octanol–water partition coefficient (Wildman–Crippen LogP) is 2.11. The van der Waals surface area contributed by atoms with E-state index in [0.717, 1.165) is 11.1 Å². The van der Waals surface area contributed by atoms with E-state index in [-0.39, 0.29) is 10.8 Å². The van der Waals surface area contributed by atoms with Crippen molar-refractivity contribution >= 4 is 15.9 Å². The van der Waals surface area contributed by atoms with E-state index in [1.54, 1.807) is 25.4 Å². The molecule has 0 spiro atoms. The Balaban J connectivity index is 1.69. The lowest BCUT2D eigenvalue weighted by molar-refractivity contribution is 0.0785. The van der Waals surface area contributed by atoms with Crippen molar-refractivity contribution < 1.29 is 13.2 Å². The molecule has 3 aromatic rings. The molecule has 7 nitrogen and oxygen atoms in total. The van der Waals surface area contributed by atoms with Gasteiger partial charge >= 0.3 is 0 Å². The maximum atomic E-state index is 12.7. The van der Waals surface area contributed by atoms with Gasteiger partial charge in [-0.1, -0.05) is 36.4 Å². The zero-order valence-corrected chi connectivity index (χ0v) is 16.6. The molecule has 0 aliphatic heterocycles. The molecule has 1 amide bonds. The molecular weight excluding hydrogens is 376 g/mol. The van der Waals surface area contributed by atoms with Gasteiger partial charge in [-0.15, -0.1) is 0 Å². The molecule has 0 bridgehead atoms. The van der Waals surface area contributed by atoms with Crippen LogP contribution in [0.25, 0.3) is 0 Å². The molecule has 0 saturated carbocycles. The number of hydrogen-bond donors (Lipinski definition) is 1. The smallest absolute Gasteiger partial charge is 0.253 e. The Morgan fingerprint density at radius 2 is 1.86 bits per heavy atom. The van der Waals surface area contributed by atoms with Crippen molar-refractivity contribution in [3.63, 3.8) is 0 Å². The number of sulfonamides is 1. The normalized spacial score (nSPS) is 11.4. The molecule has 1 aromatic heterocycles. The van der Waals surface area contributed by atoms with Crippen molar-refractivity contribution in [1.29, 1.82) is 0 Å². The number of benzene rings is 2. The van der Waals surface area contributed by atoms with Crippen molar-refractivity contribution in [2.24, 2.45) is 0 Å². The minimum Gasteiger partial charge on any atom is -0.337 e. The Morgan fingerprint density at radius 3 is 2.57 bits per heavy atom. The van der Waals surface area contributed by atoms with Crippen LogP contribution in [0.2, 0.25) is 0 Å². The van der Waals surface area contributed by atoms with Gasteiger partial charge in [-0.2, -0.15) is 5.10 Å². The first kappa shape index (κ1) is 19.8. The zero-order chi connectivity index (χ0) is 20.1. The molecule has 0 saturated heterocycles. The third-order valence-corrected chi connectivity index (χ3v) is 5.71. The highest BCUT2D eigenvalue weighted by Crippen LogP contribution is 2.14. The number of carbonyl (C=O) groups excluding carboxylic acids is 1. The van der Waals surface area contributed by atoms with E-state index in [1.807, 2.05) is 41.2 Å². The summed E-state index contributed by atoms with van der Waals surface area (Å²) in [5.74, 6) is -0.260. The fraction of sp³-hybridized carbons (Fsp3) is 0.200. The fourth-order valence-electron chi connectivity index (χ4n) is 2.83. The van der Waals surface area contributed by atoms with Gasteiger partial charge in [0, 0.05) is 30.9 Å². The molecule has 0 fully saturated rings. The molecule has 146 valence electrons. The minimum atomic E-state index is -3.60. The molecule has 0 aliphatic rings. The van der Waals surface area contributed by atoms with Crippen LogP contribution in [0.1, 0.15) is 21.5 Å². The number of nitrogens with one attached hydrogen (secondary N) is 1. The van der Waals surface area contributed by atoms with Crippen molar-refractivity contribution in [2.75, 3.05) is 14.1 Å². The average molecular weight is 398 g/mol. The van der Waals surface area contributed by atoms with Crippen LogP contribution in [-0.2, 0) is 23.1 Å². The molecule has 0 aliphatic carbocycles. The topological polar surface area (TPSA) is 84.3 Å². The molecule has 0 unspecified atom stereocenters. The van der Waals surface area contributed by atoms with Gasteiger partial charge in [0.1, 0.15) is 0 Å². The highest BCUT2D eigenvalue weighted by molar-refractivity contribution is 7.89. The average Bonchev–Trinajstić information content (AvgIpc) is 3.14. The van der Waals surface area contributed by atoms with E-state index in [0.29, 0.717) is 18.7 Å². The molecule has 0 radical (unpaired) electrons. The summed E-state index contributed by atoms with van der Waals surface area (Å²) in [7, 11) is -0.586. The van der Waals surface area contributed by atoms with E-state index < -0.39 is 10.0 Å². The van der Waals surface area contributed by atoms with E-state index in [1.165, 1.54) is 24.1 Å². The summed E-state index contributed by atoms with van der Waals surface area (Å²) in [5, 5.41) is 4.35. The Morgan fingerprint density at radius 1 is 1.11 bits per heavy atom. The summed E-state index contributed by atoms with van der Waals surface area (Å²) in [5.41, 5.74) is 2.35. The standard InChI is InChI=1S/C20H22N4O3S/c1-21-28(26,27)19-10-6-9-18(11-19)20(25)23(2)13-17-12-22-24(15-17)14-16-7-4-3-5-8-16/h3-12,15,21H,13-14H2,1-2H3. The Kier molecular flexibility index (Phi) is 5.91. The zero-order valence-electron chi connectivity index (χ0n) is 15.7. The first-order valence-corrected chi connectivity index (χ1v) is 10.2. The highest BCUT2D eigenvalue weighted by atomic mass is 32.2. The first-order valence-electron chi connectivity index (χ1n) is 8.73. The van der Waals surface area contributed by atoms with Gasteiger partial charge in [0.15, 0.2) is 0 Å². The number of aromatic nitrogens is 2. The molecular formula is C20H22N4O3S. The monoisotopic (exact) mass is 398 g/mol. The van der Waals surface area contributed by atoms with Gasteiger partial charge in [-0.3, -0.25) is 9.48 Å². The number of nitrogens with zero attached hydrogens (tertiary/aromatic N) is 3. The number of carbonyl (C=O) groups is 1. The van der Waals surface area contributed by atoms with Crippen molar-refractivity contribution in [3.8, 4) is 0 Å². The second kappa shape index (κ2) is 8.37. The summed E-state index contributed by atoms with van der Waals surface area (Å²) in [4.78, 5) is 14.3.